The van der Waals surface area contributed by atoms with Gasteiger partial charge in [0, 0.05) is 13.5 Å². The van der Waals surface area contributed by atoms with Crippen molar-refractivity contribution in [1.82, 2.24) is 5.32 Å². The molecule has 22 heavy (non-hydrogen) atoms. The zero-order valence-electron chi connectivity index (χ0n) is 12.8. The summed E-state index contributed by atoms with van der Waals surface area (Å²) in [6.45, 7) is 3.59. The lowest BCUT2D eigenvalue weighted by Gasteiger charge is -2.24. The van der Waals surface area contributed by atoms with E-state index in [1.807, 2.05) is 24.3 Å². The van der Waals surface area contributed by atoms with Crippen LogP contribution in [0.4, 0.5) is 4.39 Å². The number of rotatable bonds is 5. The highest BCUT2D eigenvalue weighted by atomic mass is 19.1. The summed E-state index contributed by atoms with van der Waals surface area (Å²) >= 11 is 0. The molecule has 0 bridgehead atoms. The molecule has 0 saturated heterocycles. The molecular formula is C18H20FNO2. The van der Waals surface area contributed by atoms with Gasteiger partial charge in [-0.25, -0.2) is 4.39 Å². The zero-order chi connectivity index (χ0) is 16.2. The van der Waals surface area contributed by atoms with Crippen LogP contribution in [0.5, 0.6) is 0 Å². The molecule has 116 valence electrons. The smallest absolute Gasteiger partial charge is 0.216 e. The molecule has 1 unspecified atom stereocenters. The van der Waals surface area contributed by atoms with Crippen LogP contribution in [-0.4, -0.2) is 17.6 Å². The van der Waals surface area contributed by atoms with Gasteiger partial charge in [0.1, 0.15) is 5.82 Å². The molecule has 2 aromatic rings. The summed E-state index contributed by atoms with van der Waals surface area (Å²) in [5.41, 5.74) is 1.65. The highest BCUT2D eigenvalue weighted by molar-refractivity contribution is 5.72. The zero-order valence-corrected chi connectivity index (χ0v) is 12.8. The van der Waals surface area contributed by atoms with Gasteiger partial charge in [0.2, 0.25) is 5.91 Å². The minimum absolute atomic E-state index is 0.109. The highest BCUT2D eigenvalue weighted by Gasteiger charge is 2.22. The van der Waals surface area contributed by atoms with E-state index in [2.05, 4.69) is 5.32 Å². The van der Waals surface area contributed by atoms with Crippen LogP contribution in [0.3, 0.4) is 0 Å². The van der Waals surface area contributed by atoms with Crippen molar-refractivity contribution in [3.05, 3.63) is 59.9 Å². The molecule has 1 atom stereocenters. The largest absolute Gasteiger partial charge is 0.385 e. The Morgan fingerprint density at radius 1 is 1.09 bits per heavy atom. The van der Waals surface area contributed by atoms with Crippen LogP contribution in [0.25, 0.3) is 11.1 Å². The highest BCUT2D eigenvalue weighted by Crippen LogP contribution is 2.27. The number of hydrogen-bond acceptors (Lipinski definition) is 2. The predicted octanol–water partition coefficient (Wildman–Crippen LogP) is 3.23. The van der Waals surface area contributed by atoms with Gasteiger partial charge in [0.25, 0.3) is 0 Å². The molecule has 0 heterocycles. The monoisotopic (exact) mass is 301 g/mol. The first-order valence-electron chi connectivity index (χ1n) is 7.22. The Kier molecular flexibility index (Phi) is 4.93. The third-order valence-electron chi connectivity index (χ3n) is 3.67. The Balaban J connectivity index is 2.10. The number of halogens is 1. The van der Waals surface area contributed by atoms with Crippen molar-refractivity contribution >= 4 is 5.91 Å². The molecule has 2 aromatic carbocycles. The van der Waals surface area contributed by atoms with E-state index in [-0.39, 0.29) is 11.7 Å². The number of nitrogens with one attached hydrogen (secondary N) is 1. The first-order chi connectivity index (χ1) is 10.4. The summed E-state index contributed by atoms with van der Waals surface area (Å²) < 4.78 is 12.9. The van der Waals surface area contributed by atoms with Crippen LogP contribution in [0.15, 0.2) is 48.5 Å². The van der Waals surface area contributed by atoms with Crippen LogP contribution < -0.4 is 5.32 Å². The minimum Gasteiger partial charge on any atom is -0.385 e. The first kappa shape index (κ1) is 16.2. The second-order valence-electron chi connectivity index (χ2n) is 5.59. The third kappa shape index (κ3) is 4.15. The van der Waals surface area contributed by atoms with Crippen molar-refractivity contribution < 1.29 is 14.3 Å². The second-order valence-corrected chi connectivity index (χ2v) is 5.59. The molecule has 0 aliphatic carbocycles. The van der Waals surface area contributed by atoms with E-state index in [0.29, 0.717) is 13.0 Å². The minimum atomic E-state index is -1.01. The van der Waals surface area contributed by atoms with Gasteiger partial charge >= 0.3 is 0 Å². The second kappa shape index (κ2) is 6.71. The van der Waals surface area contributed by atoms with Crippen molar-refractivity contribution in [2.24, 2.45) is 0 Å². The maximum atomic E-state index is 12.9. The lowest BCUT2D eigenvalue weighted by molar-refractivity contribution is -0.119. The topological polar surface area (TPSA) is 49.3 Å². The van der Waals surface area contributed by atoms with E-state index >= 15 is 0 Å². The van der Waals surface area contributed by atoms with Crippen LogP contribution in [0.1, 0.15) is 25.8 Å². The standard InChI is InChI=1S/C18H20FNO2/c1-13(21)20-12-11-18(2,22)16-7-3-14(4-8-16)15-5-9-17(19)10-6-15/h3-10,22H,11-12H2,1-2H3,(H,20,21). The molecule has 2 rings (SSSR count). The fourth-order valence-electron chi connectivity index (χ4n) is 2.29. The number of aliphatic hydroxyl groups is 1. The molecule has 3 nitrogen and oxygen atoms in total. The summed E-state index contributed by atoms with van der Waals surface area (Å²) in [5.74, 6) is -0.372. The van der Waals surface area contributed by atoms with E-state index in [9.17, 15) is 14.3 Å². The van der Waals surface area contributed by atoms with Crippen molar-refractivity contribution in [3.8, 4) is 11.1 Å². The van der Waals surface area contributed by atoms with Crippen molar-refractivity contribution in [1.29, 1.82) is 0 Å². The van der Waals surface area contributed by atoms with Gasteiger partial charge in [0.15, 0.2) is 0 Å². The lowest BCUT2D eigenvalue weighted by atomic mass is 9.91. The van der Waals surface area contributed by atoms with E-state index < -0.39 is 5.60 Å². The van der Waals surface area contributed by atoms with Crippen LogP contribution in [-0.2, 0) is 10.4 Å². The number of carbonyl (C=O) groups is 1. The normalized spacial score (nSPS) is 13.5. The summed E-state index contributed by atoms with van der Waals surface area (Å²) in [6, 6.07) is 13.8. The van der Waals surface area contributed by atoms with E-state index in [1.165, 1.54) is 19.1 Å². The number of carbonyl (C=O) groups excluding carboxylic acids is 1. The molecular weight excluding hydrogens is 281 g/mol. The number of hydrogen-bond donors (Lipinski definition) is 2. The van der Waals surface area contributed by atoms with Crippen LogP contribution >= 0.6 is 0 Å². The molecule has 0 aliphatic heterocycles. The number of amides is 1. The summed E-state index contributed by atoms with van der Waals surface area (Å²) in [5, 5.41) is 13.2. The summed E-state index contributed by atoms with van der Waals surface area (Å²) in [7, 11) is 0. The first-order valence-corrected chi connectivity index (χ1v) is 7.22. The Bertz CT molecular complexity index is 633. The molecule has 4 heteroatoms. The Hall–Kier alpha value is -2.20. The fourth-order valence-corrected chi connectivity index (χ4v) is 2.29. The van der Waals surface area contributed by atoms with Crippen molar-refractivity contribution in [3.63, 3.8) is 0 Å². The number of benzene rings is 2. The molecule has 1 amide bonds. The molecule has 0 aromatic heterocycles. The van der Waals surface area contributed by atoms with Gasteiger partial charge < -0.3 is 10.4 Å². The van der Waals surface area contributed by atoms with Crippen LogP contribution in [0, 0.1) is 5.82 Å². The van der Waals surface area contributed by atoms with Crippen molar-refractivity contribution in [2.75, 3.05) is 6.54 Å². The average molecular weight is 301 g/mol. The van der Waals surface area contributed by atoms with E-state index in [0.717, 1.165) is 16.7 Å². The van der Waals surface area contributed by atoms with E-state index in [1.54, 1.807) is 19.1 Å². The Morgan fingerprint density at radius 2 is 1.59 bits per heavy atom. The molecule has 2 N–H and O–H groups in total. The van der Waals surface area contributed by atoms with Crippen LogP contribution in [0.2, 0.25) is 0 Å². The Morgan fingerprint density at radius 3 is 2.09 bits per heavy atom. The molecule has 0 fully saturated rings. The van der Waals surface area contributed by atoms with E-state index in [4.69, 9.17) is 0 Å². The third-order valence-corrected chi connectivity index (χ3v) is 3.67. The Labute approximate surface area is 129 Å². The maximum Gasteiger partial charge on any atom is 0.216 e. The molecule has 0 saturated carbocycles. The predicted molar refractivity (Wildman–Crippen MR) is 84.7 cm³/mol. The quantitative estimate of drug-likeness (QED) is 0.891. The van der Waals surface area contributed by atoms with Gasteiger partial charge in [-0.05, 0) is 42.2 Å². The SMILES string of the molecule is CC(=O)NCCC(C)(O)c1ccc(-c2ccc(F)cc2)cc1. The fraction of sp³-hybridized carbons (Fsp3) is 0.278. The van der Waals surface area contributed by atoms with Gasteiger partial charge in [0.05, 0.1) is 5.60 Å². The average Bonchev–Trinajstić information content (AvgIpc) is 2.47. The summed E-state index contributed by atoms with van der Waals surface area (Å²) in [4.78, 5) is 10.9. The molecule has 0 spiro atoms. The van der Waals surface area contributed by atoms with Gasteiger partial charge in [-0.15, -0.1) is 0 Å². The maximum absolute atomic E-state index is 12.9. The van der Waals surface area contributed by atoms with Gasteiger partial charge in [-0.1, -0.05) is 36.4 Å². The summed E-state index contributed by atoms with van der Waals surface area (Å²) in [6.07, 6.45) is 0.433. The lowest BCUT2D eigenvalue weighted by Crippen LogP contribution is -2.29. The van der Waals surface area contributed by atoms with Crippen molar-refractivity contribution in [2.45, 2.75) is 25.9 Å². The van der Waals surface area contributed by atoms with Gasteiger partial charge in [-0.3, -0.25) is 4.79 Å². The van der Waals surface area contributed by atoms with Gasteiger partial charge in [-0.2, -0.15) is 0 Å². The molecule has 0 aliphatic rings. The molecule has 0 radical (unpaired) electrons.